The molecular weight excluding hydrogens is 320 g/mol. The lowest BCUT2D eigenvalue weighted by Crippen LogP contribution is -2.27. The summed E-state index contributed by atoms with van der Waals surface area (Å²) in [5, 5.41) is 19.6. The number of halogens is 1. The largest absolute Gasteiger partial charge is 0.391 e. The first-order valence-corrected chi connectivity index (χ1v) is 7.61. The van der Waals surface area contributed by atoms with E-state index in [1.165, 1.54) is 0 Å². The SMILES string of the molecule is CC.CC.N=C(CC(O)CNC=O)c1ccc(Br)cc1. The number of benzene rings is 1. The number of carbonyl (C=O) groups is 1. The van der Waals surface area contributed by atoms with Gasteiger partial charge in [0.2, 0.25) is 6.41 Å². The number of hydrogen-bond acceptors (Lipinski definition) is 3. The Hall–Kier alpha value is -1.20. The van der Waals surface area contributed by atoms with Crippen LogP contribution in [0, 0.1) is 5.41 Å². The van der Waals surface area contributed by atoms with Crippen molar-refractivity contribution < 1.29 is 9.90 Å². The molecule has 3 N–H and O–H groups in total. The molecule has 1 aromatic rings. The number of aliphatic hydroxyl groups is 1. The van der Waals surface area contributed by atoms with Crippen molar-refractivity contribution in [3.8, 4) is 0 Å². The summed E-state index contributed by atoms with van der Waals surface area (Å²) in [5.41, 5.74) is 1.13. The summed E-state index contributed by atoms with van der Waals surface area (Å²) in [6.45, 7) is 8.17. The number of nitrogens with one attached hydrogen (secondary N) is 2. The highest BCUT2D eigenvalue weighted by molar-refractivity contribution is 9.10. The lowest BCUT2D eigenvalue weighted by molar-refractivity contribution is -0.109. The molecule has 4 nitrogen and oxygen atoms in total. The second-order valence-electron chi connectivity index (χ2n) is 3.37. The van der Waals surface area contributed by atoms with Crippen LogP contribution >= 0.6 is 15.9 Å². The van der Waals surface area contributed by atoms with Crippen LogP contribution in [-0.2, 0) is 4.79 Å². The minimum absolute atomic E-state index is 0.169. The maximum absolute atomic E-state index is 10.0. The summed E-state index contributed by atoms with van der Waals surface area (Å²) in [6, 6.07) is 7.32. The van der Waals surface area contributed by atoms with Crippen LogP contribution < -0.4 is 5.32 Å². The first-order chi connectivity index (χ1) is 9.63. The zero-order valence-electron chi connectivity index (χ0n) is 12.6. The van der Waals surface area contributed by atoms with E-state index in [4.69, 9.17) is 5.41 Å². The Balaban J connectivity index is 0. The standard InChI is InChI=1S/C11H13BrN2O2.2C2H6/c12-9-3-1-8(2-4-9)11(13)5-10(16)6-14-7-15;2*1-2/h1-4,7,10,13,16H,5-6H2,(H,14,15);2*1-2H3. The van der Waals surface area contributed by atoms with Gasteiger partial charge in [0.25, 0.3) is 0 Å². The number of amides is 1. The van der Waals surface area contributed by atoms with Gasteiger partial charge in [-0.05, 0) is 17.7 Å². The van der Waals surface area contributed by atoms with Gasteiger partial charge in [-0.25, -0.2) is 0 Å². The molecule has 5 heteroatoms. The topological polar surface area (TPSA) is 73.2 Å². The molecule has 0 saturated carbocycles. The van der Waals surface area contributed by atoms with E-state index in [1.54, 1.807) is 0 Å². The molecule has 1 atom stereocenters. The third-order valence-electron chi connectivity index (χ3n) is 2.07. The molecule has 1 amide bonds. The van der Waals surface area contributed by atoms with Gasteiger partial charge < -0.3 is 15.8 Å². The first-order valence-electron chi connectivity index (χ1n) is 6.82. The van der Waals surface area contributed by atoms with Gasteiger partial charge in [-0.2, -0.15) is 0 Å². The van der Waals surface area contributed by atoms with Gasteiger partial charge in [0.05, 0.1) is 6.10 Å². The van der Waals surface area contributed by atoms with Gasteiger partial charge in [-0.1, -0.05) is 55.8 Å². The second-order valence-corrected chi connectivity index (χ2v) is 4.29. The molecular formula is C15H25BrN2O2. The molecule has 0 spiro atoms. The fourth-order valence-corrected chi connectivity index (χ4v) is 1.53. The van der Waals surface area contributed by atoms with E-state index in [1.807, 2.05) is 52.0 Å². The van der Waals surface area contributed by atoms with Crippen molar-refractivity contribution in [2.24, 2.45) is 0 Å². The molecule has 0 fully saturated rings. The number of carbonyl (C=O) groups excluding carboxylic acids is 1. The van der Waals surface area contributed by atoms with Crippen molar-refractivity contribution in [3.05, 3.63) is 34.3 Å². The van der Waals surface area contributed by atoms with Crippen molar-refractivity contribution in [3.63, 3.8) is 0 Å². The smallest absolute Gasteiger partial charge is 0.207 e. The van der Waals surface area contributed by atoms with Crippen LogP contribution in [0.5, 0.6) is 0 Å². The summed E-state index contributed by atoms with van der Waals surface area (Å²) in [4.78, 5) is 10.0. The molecule has 0 radical (unpaired) electrons. The van der Waals surface area contributed by atoms with Gasteiger partial charge in [0.15, 0.2) is 0 Å². The normalized spacial score (nSPS) is 10.1. The zero-order valence-corrected chi connectivity index (χ0v) is 14.2. The van der Waals surface area contributed by atoms with E-state index in [0.717, 1.165) is 10.0 Å². The minimum atomic E-state index is -0.721. The average molecular weight is 345 g/mol. The Morgan fingerprint density at radius 2 is 1.80 bits per heavy atom. The highest BCUT2D eigenvalue weighted by atomic mass is 79.9. The summed E-state index contributed by atoms with van der Waals surface area (Å²) >= 11 is 3.31. The lowest BCUT2D eigenvalue weighted by atomic mass is 10.0. The Labute approximate surface area is 130 Å². The Bertz CT molecular complexity index is 367. The van der Waals surface area contributed by atoms with Gasteiger partial charge in [0.1, 0.15) is 0 Å². The molecule has 0 aliphatic rings. The monoisotopic (exact) mass is 344 g/mol. The van der Waals surface area contributed by atoms with E-state index >= 15 is 0 Å². The van der Waals surface area contributed by atoms with E-state index in [-0.39, 0.29) is 13.0 Å². The molecule has 1 rings (SSSR count). The Morgan fingerprint density at radius 3 is 2.25 bits per heavy atom. The van der Waals surface area contributed by atoms with E-state index in [9.17, 15) is 9.90 Å². The van der Waals surface area contributed by atoms with Gasteiger partial charge in [-0.15, -0.1) is 0 Å². The second kappa shape index (κ2) is 14.2. The summed E-state index contributed by atoms with van der Waals surface area (Å²) < 4.78 is 0.951. The number of rotatable bonds is 6. The van der Waals surface area contributed by atoms with Crippen molar-refractivity contribution >= 4 is 28.1 Å². The fourth-order valence-electron chi connectivity index (χ4n) is 1.26. The van der Waals surface area contributed by atoms with Gasteiger partial charge >= 0.3 is 0 Å². The molecule has 0 aromatic heterocycles. The predicted molar refractivity (Wildman–Crippen MR) is 88.4 cm³/mol. The molecule has 0 heterocycles. The van der Waals surface area contributed by atoms with Crippen LogP contribution in [0.2, 0.25) is 0 Å². The number of aliphatic hydroxyl groups excluding tert-OH is 1. The fraction of sp³-hybridized carbons (Fsp3) is 0.467. The van der Waals surface area contributed by atoms with Crippen LogP contribution in [0.3, 0.4) is 0 Å². The minimum Gasteiger partial charge on any atom is -0.391 e. The lowest BCUT2D eigenvalue weighted by Gasteiger charge is -2.10. The summed E-state index contributed by atoms with van der Waals surface area (Å²) in [5.74, 6) is 0. The van der Waals surface area contributed by atoms with Crippen LogP contribution in [-0.4, -0.2) is 29.9 Å². The molecule has 0 aliphatic carbocycles. The third kappa shape index (κ3) is 9.69. The zero-order chi connectivity index (χ0) is 16.0. The summed E-state index contributed by atoms with van der Waals surface area (Å²) in [6.07, 6.45) is 0.0379. The maximum Gasteiger partial charge on any atom is 0.207 e. The van der Waals surface area contributed by atoms with Crippen molar-refractivity contribution in [2.75, 3.05) is 6.54 Å². The van der Waals surface area contributed by atoms with Crippen LogP contribution in [0.25, 0.3) is 0 Å². The van der Waals surface area contributed by atoms with E-state index in [2.05, 4.69) is 21.2 Å². The quantitative estimate of drug-likeness (QED) is 0.546. The maximum atomic E-state index is 10.0. The van der Waals surface area contributed by atoms with Gasteiger partial charge in [0, 0.05) is 23.1 Å². The molecule has 1 unspecified atom stereocenters. The Kier molecular flexibility index (Phi) is 15.0. The van der Waals surface area contributed by atoms with Crippen molar-refractivity contribution in [2.45, 2.75) is 40.2 Å². The molecule has 0 aliphatic heterocycles. The molecule has 20 heavy (non-hydrogen) atoms. The average Bonchev–Trinajstić information content (AvgIpc) is 2.50. The van der Waals surface area contributed by atoms with E-state index < -0.39 is 6.10 Å². The van der Waals surface area contributed by atoms with Crippen LogP contribution in [0.15, 0.2) is 28.7 Å². The molecule has 1 aromatic carbocycles. The highest BCUT2D eigenvalue weighted by Crippen LogP contribution is 2.12. The third-order valence-corrected chi connectivity index (χ3v) is 2.60. The predicted octanol–water partition coefficient (Wildman–Crippen LogP) is 3.37. The molecule has 114 valence electrons. The van der Waals surface area contributed by atoms with Crippen LogP contribution in [0.1, 0.15) is 39.7 Å². The molecule has 0 saturated heterocycles. The Morgan fingerprint density at radius 1 is 1.30 bits per heavy atom. The number of hydrogen-bond donors (Lipinski definition) is 3. The van der Waals surface area contributed by atoms with E-state index in [0.29, 0.717) is 12.1 Å². The highest BCUT2D eigenvalue weighted by Gasteiger charge is 2.08. The van der Waals surface area contributed by atoms with Gasteiger partial charge in [-0.3, -0.25) is 4.79 Å². The van der Waals surface area contributed by atoms with Crippen molar-refractivity contribution in [1.29, 1.82) is 5.41 Å². The first kappa shape index (κ1) is 21.1. The van der Waals surface area contributed by atoms with Crippen LogP contribution in [0.4, 0.5) is 0 Å². The summed E-state index contributed by atoms with van der Waals surface area (Å²) in [7, 11) is 0. The van der Waals surface area contributed by atoms with Crippen molar-refractivity contribution in [1.82, 2.24) is 5.32 Å². The molecule has 0 bridgehead atoms.